The molecule has 1 aromatic carbocycles. The van der Waals surface area contributed by atoms with Crippen molar-refractivity contribution in [2.75, 3.05) is 5.32 Å². The topological polar surface area (TPSA) is 36.4 Å². The summed E-state index contributed by atoms with van der Waals surface area (Å²) in [6.45, 7) is 8.12. The fourth-order valence-electron chi connectivity index (χ4n) is 2.35. The molecular formula is C14H15N3. The van der Waals surface area contributed by atoms with Crippen molar-refractivity contribution in [3.05, 3.63) is 53.1 Å². The van der Waals surface area contributed by atoms with Crippen LogP contribution in [-0.2, 0) is 0 Å². The normalized spacial score (nSPS) is 21.5. The molecule has 0 aromatic heterocycles. The predicted octanol–water partition coefficient (Wildman–Crippen LogP) is 2.88. The molecule has 3 rings (SSSR count). The van der Waals surface area contributed by atoms with Crippen LogP contribution >= 0.6 is 0 Å². The molecule has 1 unspecified atom stereocenters. The molecule has 1 atom stereocenters. The van der Waals surface area contributed by atoms with Gasteiger partial charge in [0.15, 0.2) is 0 Å². The summed E-state index contributed by atoms with van der Waals surface area (Å²) in [5, 5.41) is 6.60. The lowest BCUT2D eigenvalue weighted by Crippen LogP contribution is -2.29. The summed E-state index contributed by atoms with van der Waals surface area (Å²) in [6.07, 6.45) is 1.90. The number of nitrogens with one attached hydrogen (secondary N) is 2. The number of rotatable bonds is 0. The Bertz CT molecular complexity index is 567. The van der Waals surface area contributed by atoms with E-state index in [4.69, 9.17) is 0 Å². The monoisotopic (exact) mass is 225 g/mol. The van der Waals surface area contributed by atoms with Gasteiger partial charge in [-0.1, -0.05) is 25.6 Å². The molecule has 0 amide bonds. The number of aliphatic imine (C=N–C) groups is 1. The highest BCUT2D eigenvalue weighted by Crippen LogP contribution is 2.37. The zero-order valence-corrected chi connectivity index (χ0v) is 10.0. The van der Waals surface area contributed by atoms with Gasteiger partial charge < -0.3 is 10.6 Å². The summed E-state index contributed by atoms with van der Waals surface area (Å²) < 4.78 is 0. The summed E-state index contributed by atoms with van der Waals surface area (Å²) in [5.41, 5.74) is 4.94. The molecule has 86 valence electrons. The van der Waals surface area contributed by atoms with Crippen LogP contribution in [0.2, 0.25) is 0 Å². The van der Waals surface area contributed by atoms with Gasteiger partial charge in [0.2, 0.25) is 0 Å². The molecule has 2 heterocycles. The van der Waals surface area contributed by atoms with Crippen LogP contribution in [0, 0.1) is 6.92 Å². The van der Waals surface area contributed by atoms with Crippen LogP contribution in [0.1, 0.15) is 24.0 Å². The van der Waals surface area contributed by atoms with Crippen LogP contribution < -0.4 is 10.6 Å². The first-order chi connectivity index (χ1) is 8.15. The standard InChI is InChI=1S/C14H15N3/c1-8-4-5-11-9(2)12-7-15-10(3)16-14(12)17-13(11)6-8/h4-7,9,16-17H,3H2,1-2H3. The quantitative estimate of drug-likeness (QED) is 0.712. The Morgan fingerprint density at radius 2 is 2.12 bits per heavy atom. The molecule has 0 aliphatic carbocycles. The summed E-state index contributed by atoms with van der Waals surface area (Å²) >= 11 is 0. The molecule has 0 saturated carbocycles. The smallest absolute Gasteiger partial charge is 0.124 e. The minimum atomic E-state index is 0.353. The average molecular weight is 225 g/mol. The Kier molecular flexibility index (Phi) is 2.08. The number of anilines is 1. The number of benzene rings is 1. The van der Waals surface area contributed by atoms with Crippen LogP contribution in [0.3, 0.4) is 0 Å². The lowest BCUT2D eigenvalue weighted by molar-refractivity contribution is 0.831. The van der Waals surface area contributed by atoms with Crippen molar-refractivity contribution in [3.63, 3.8) is 0 Å². The molecule has 0 radical (unpaired) electrons. The number of fused-ring (bicyclic) bond motifs is 1. The Morgan fingerprint density at radius 3 is 2.94 bits per heavy atom. The van der Waals surface area contributed by atoms with Gasteiger partial charge >= 0.3 is 0 Å². The van der Waals surface area contributed by atoms with Crippen LogP contribution in [-0.4, -0.2) is 6.21 Å². The molecule has 0 fully saturated rings. The predicted molar refractivity (Wildman–Crippen MR) is 71.0 cm³/mol. The van der Waals surface area contributed by atoms with E-state index in [1.807, 2.05) is 6.21 Å². The number of hydrogen-bond donors (Lipinski definition) is 2. The van der Waals surface area contributed by atoms with Crippen molar-refractivity contribution >= 4 is 11.9 Å². The second-order valence-electron chi connectivity index (χ2n) is 4.60. The number of hydrogen-bond acceptors (Lipinski definition) is 3. The average Bonchev–Trinajstić information content (AvgIpc) is 2.28. The fraction of sp³-hybridized carbons (Fsp3) is 0.214. The first-order valence-electron chi connectivity index (χ1n) is 5.77. The largest absolute Gasteiger partial charge is 0.341 e. The van der Waals surface area contributed by atoms with Gasteiger partial charge in [-0.3, -0.25) is 0 Å². The van der Waals surface area contributed by atoms with Crippen molar-refractivity contribution in [1.29, 1.82) is 0 Å². The van der Waals surface area contributed by atoms with Gasteiger partial charge in [-0.25, -0.2) is 4.99 Å². The molecule has 0 saturated heterocycles. The molecule has 0 bridgehead atoms. The van der Waals surface area contributed by atoms with E-state index in [0.717, 1.165) is 5.82 Å². The van der Waals surface area contributed by atoms with Gasteiger partial charge in [-0.05, 0) is 24.1 Å². The van der Waals surface area contributed by atoms with Gasteiger partial charge in [0.1, 0.15) is 11.6 Å². The Hall–Kier alpha value is -2.03. The highest BCUT2D eigenvalue weighted by atomic mass is 15.2. The summed E-state index contributed by atoms with van der Waals surface area (Å²) in [4.78, 5) is 4.23. The Labute approximate surface area is 101 Å². The fourth-order valence-corrected chi connectivity index (χ4v) is 2.35. The maximum absolute atomic E-state index is 4.23. The second kappa shape index (κ2) is 3.48. The lowest BCUT2D eigenvalue weighted by Gasteiger charge is -2.30. The lowest BCUT2D eigenvalue weighted by atomic mass is 9.88. The first kappa shape index (κ1) is 10.1. The van der Waals surface area contributed by atoms with Crippen LogP contribution in [0.5, 0.6) is 0 Å². The SMILES string of the molecule is C=C1N=CC2=C(N1)Nc1cc(C)ccc1C2C. The molecule has 0 spiro atoms. The third kappa shape index (κ3) is 1.55. The number of aryl methyl sites for hydroxylation is 1. The van der Waals surface area contributed by atoms with Gasteiger partial charge in [-0.2, -0.15) is 0 Å². The van der Waals surface area contributed by atoms with Crippen LogP contribution in [0.15, 0.2) is 47.0 Å². The van der Waals surface area contributed by atoms with Crippen molar-refractivity contribution in [1.82, 2.24) is 5.32 Å². The summed E-state index contributed by atoms with van der Waals surface area (Å²) in [6, 6.07) is 6.50. The van der Waals surface area contributed by atoms with Gasteiger partial charge in [0.25, 0.3) is 0 Å². The minimum absolute atomic E-state index is 0.353. The van der Waals surface area contributed by atoms with E-state index >= 15 is 0 Å². The molecule has 2 aliphatic rings. The van der Waals surface area contributed by atoms with Gasteiger partial charge in [-0.15, -0.1) is 0 Å². The van der Waals surface area contributed by atoms with Crippen molar-refractivity contribution in [2.45, 2.75) is 19.8 Å². The maximum atomic E-state index is 4.23. The second-order valence-corrected chi connectivity index (χ2v) is 4.60. The maximum Gasteiger partial charge on any atom is 0.124 e. The van der Waals surface area contributed by atoms with Crippen molar-refractivity contribution in [2.24, 2.45) is 4.99 Å². The van der Waals surface area contributed by atoms with E-state index in [-0.39, 0.29) is 0 Å². The minimum Gasteiger partial charge on any atom is -0.341 e. The number of allylic oxidation sites excluding steroid dienone is 1. The summed E-state index contributed by atoms with van der Waals surface area (Å²) in [7, 11) is 0. The first-order valence-corrected chi connectivity index (χ1v) is 5.77. The van der Waals surface area contributed by atoms with E-state index < -0.39 is 0 Å². The third-order valence-corrected chi connectivity index (χ3v) is 3.32. The highest BCUT2D eigenvalue weighted by molar-refractivity contribution is 5.87. The summed E-state index contributed by atoms with van der Waals surface area (Å²) in [5.74, 6) is 2.04. The Balaban J connectivity index is 2.09. The molecule has 17 heavy (non-hydrogen) atoms. The van der Waals surface area contributed by atoms with E-state index in [9.17, 15) is 0 Å². The van der Waals surface area contributed by atoms with E-state index in [2.05, 4.69) is 54.3 Å². The molecule has 2 aliphatic heterocycles. The van der Waals surface area contributed by atoms with Gasteiger partial charge in [0.05, 0.1) is 0 Å². The Morgan fingerprint density at radius 1 is 1.29 bits per heavy atom. The number of nitrogens with zero attached hydrogens (tertiary/aromatic N) is 1. The van der Waals surface area contributed by atoms with E-state index in [0.29, 0.717) is 11.7 Å². The third-order valence-electron chi connectivity index (χ3n) is 3.32. The van der Waals surface area contributed by atoms with E-state index in [1.165, 1.54) is 22.4 Å². The van der Waals surface area contributed by atoms with Crippen molar-refractivity contribution < 1.29 is 0 Å². The molecule has 1 aromatic rings. The molecule has 2 N–H and O–H groups in total. The molecule has 3 heteroatoms. The van der Waals surface area contributed by atoms with E-state index in [1.54, 1.807) is 0 Å². The van der Waals surface area contributed by atoms with Crippen LogP contribution in [0.25, 0.3) is 0 Å². The van der Waals surface area contributed by atoms with Crippen molar-refractivity contribution in [3.8, 4) is 0 Å². The highest BCUT2D eigenvalue weighted by Gasteiger charge is 2.25. The molecule has 3 nitrogen and oxygen atoms in total. The molecular weight excluding hydrogens is 210 g/mol. The van der Waals surface area contributed by atoms with Gasteiger partial charge in [0, 0.05) is 23.4 Å². The zero-order chi connectivity index (χ0) is 12.0. The zero-order valence-electron chi connectivity index (χ0n) is 10.0. The van der Waals surface area contributed by atoms with Crippen LogP contribution in [0.4, 0.5) is 5.69 Å².